The van der Waals surface area contributed by atoms with Crippen LogP contribution >= 0.6 is 11.6 Å². The summed E-state index contributed by atoms with van der Waals surface area (Å²) in [5.41, 5.74) is 7.34. The standard InChI is InChI=1S/C13H9ClN4O2/c14-8-5-6-11-16-12(13(15)17(11)7-8)9-3-1-2-4-10(9)18(19)20/h1-7H,15H2. The second kappa shape index (κ2) is 4.50. The molecule has 2 aromatic heterocycles. The van der Waals surface area contributed by atoms with Gasteiger partial charge in [0.25, 0.3) is 5.69 Å². The molecule has 0 spiro atoms. The number of halogens is 1. The van der Waals surface area contributed by atoms with Crippen LogP contribution < -0.4 is 5.73 Å². The van der Waals surface area contributed by atoms with Crippen molar-refractivity contribution in [3.05, 3.63) is 57.7 Å². The van der Waals surface area contributed by atoms with Crippen molar-refractivity contribution in [1.29, 1.82) is 0 Å². The summed E-state index contributed by atoms with van der Waals surface area (Å²) in [6.07, 6.45) is 1.62. The predicted octanol–water partition coefficient (Wildman–Crippen LogP) is 3.15. The number of imidazole rings is 1. The van der Waals surface area contributed by atoms with Gasteiger partial charge in [-0.2, -0.15) is 0 Å². The molecule has 0 bridgehead atoms. The Morgan fingerprint density at radius 3 is 2.75 bits per heavy atom. The van der Waals surface area contributed by atoms with Gasteiger partial charge in [-0.05, 0) is 18.2 Å². The van der Waals surface area contributed by atoms with Crippen LogP contribution in [0.25, 0.3) is 16.9 Å². The summed E-state index contributed by atoms with van der Waals surface area (Å²) < 4.78 is 1.61. The molecule has 20 heavy (non-hydrogen) atoms. The highest BCUT2D eigenvalue weighted by molar-refractivity contribution is 6.30. The van der Waals surface area contributed by atoms with E-state index in [1.54, 1.807) is 40.9 Å². The minimum absolute atomic E-state index is 0.0336. The molecule has 7 heteroatoms. The van der Waals surface area contributed by atoms with Gasteiger partial charge >= 0.3 is 0 Å². The van der Waals surface area contributed by atoms with Gasteiger partial charge in [0, 0.05) is 12.3 Å². The molecular formula is C13H9ClN4O2. The van der Waals surface area contributed by atoms with E-state index in [1.165, 1.54) is 6.07 Å². The molecule has 3 aromatic rings. The quantitative estimate of drug-likeness (QED) is 0.579. The number of hydrogen-bond acceptors (Lipinski definition) is 4. The number of nitro groups is 1. The maximum Gasteiger partial charge on any atom is 0.278 e. The van der Waals surface area contributed by atoms with Crippen molar-refractivity contribution in [2.24, 2.45) is 0 Å². The van der Waals surface area contributed by atoms with E-state index in [4.69, 9.17) is 17.3 Å². The second-order valence-corrected chi connectivity index (χ2v) is 4.63. The smallest absolute Gasteiger partial charge is 0.278 e. The number of pyridine rings is 1. The first kappa shape index (κ1) is 12.4. The van der Waals surface area contributed by atoms with Crippen LogP contribution in [0.2, 0.25) is 5.02 Å². The van der Waals surface area contributed by atoms with E-state index in [0.717, 1.165) is 0 Å². The SMILES string of the molecule is Nc1c(-c2ccccc2[N+](=O)[O-])nc2ccc(Cl)cn12. The van der Waals surface area contributed by atoms with E-state index in [0.29, 0.717) is 27.7 Å². The van der Waals surface area contributed by atoms with Crippen molar-refractivity contribution in [2.75, 3.05) is 5.73 Å². The fourth-order valence-corrected chi connectivity index (χ4v) is 2.23. The van der Waals surface area contributed by atoms with Crippen LogP contribution in [-0.2, 0) is 0 Å². The lowest BCUT2D eigenvalue weighted by Gasteiger charge is -2.01. The number of aromatic nitrogens is 2. The maximum absolute atomic E-state index is 11.1. The number of anilines is 1. The number of hydrogen-bond donors (Lipinski definition) is 1. The first-order chi connectivity index (χ1) is 9.58. The van der Waals surface area contributed by atoms with Crippen LogP contribution in [0.5, 0.6) is 0 Å². The lowest BCUT2D eigenvalue weighted by Crippen LogP contribution is -1.96. The predicted molar refractivity (Wildman–Crippen MR) is 76.7 cm³/mol. The van der Waals surface area contributed by atoms with Crippen LogP contribution in [-0.4, -0.2) is 14.3 Å². The number of nitrogen functional groups attached to an aromatic ring is 1. The average molecular weight is 289 g/mol. The number of para-hydroxylation sites is 1. The van der Waals surface area contributed by atoms with Crippen LogP contribution in [0, 0.1) is 10.1 Å². The lowest BCUT2D eigenvalue weighted by atomic mass is 10.1. The van der Waals surface area contributed by atoms with Gasteiger partial charge in [-0.1, -0.05) is 23.7 Å². The Hall–Kier alpha value is -2.60. The number of nitrogens with two attached hydrogens (primary N) is 1. The topological polar surface area (TPSA) is 86.5 Å². The van der Waals surface area contributed by atoms with Crippen LogP contribution in [0.1, 0.15) is 0 Å². The highest BCUT2D eigenvalue weighted by Gasteiger charge is 2.20. The van der Waals surface area contributed by atoms with Crippen molar-refractivity contribution in [3.63, 3.8) is 0 Å². The summed E-state index contributed by atoms with van der Waals surface area (Å²) in [7, 11) is 0. The van der Waals surface area contributed by atoms with Gasteiger partial charge in [0.2, 0.25) is 0 Å². The molecule has 0 saturated heterocycles. The normalized spacial score (nSPS) is 10.8. The van der Waals surface area contributed by atoms with E-state index < -0.39 is 4.92 Å². The third kappa shape index (κ3) is 1.86. The van der Waals surface area contributed by atoms with Crippen LogP contribution in [0.3, 0.4) is 0 Å². The number of rotatable bonds is 2. The van der Waals surface area contributed by atoms with Gasteiger partial charge in [0.1, 0.15) is 17.2 Å². The molecule has 2 N–H and O–H groups in total. The Bertz CT molecular complexity index is 828. The highest BCUT2D eigenvalue weighted by atomic mass is 35.5. The first-order valence-electron chi connectivity index (χ1n) is 5.75. The molecule has 100 valence electrons. The Balaban J connectivity index is 2.30. The molecule has 2 heterocycles. The van der Waals surface area contributed by atoms with Gasteiger partial charge in [0.05, 0.1) is 15.5 Å². The van der Waals surface area contributed by atoms with E-state index in [1.807, 2.05) is 0 Å². The van der Waals surface area contributed by atoms with Gasteiger partial charge in [-0.3, -0.25) is 14.5 Å². The largest absolute Gasteiger partial charge is 0.383 e. The third-order valence-electron chi connectivity index (χ3n) is 2.98. The molecule has 3 rings (SSSR count). The monoisotopic (exact) mass is 288 g/mol. The van der Waals surface area contributed by atoms with Gasteiger partial charge in [-0.25, -0.2) is 4.98 Å². The molecule has 0 radical (unpaired) electrons. The number of nitro benzene ring substituents is 1. The summed E-state index contributed by atoms with van der Waals surface area (Å²) in [5, 5.41) is 11.6. The summed E-state index contributed by atoms with van der Waals surface area (Å²) in [4.78, 5) is 15.0. The zero-order valence-corrected chi connectivity index (χ0v) is 10.9. The summed E-state index contributed by atoms with van der Waals surface area (Å²) in [6.45, 7) is 0. The minimum atomic E-state index is -0.453. The van der Waals surface area contributed by atoms with E-state index >= 15 is 0 Å². The van der Waals surface area contributed by atoms with Crippen molar-refractivity contribution in [1.82, 2.24) is 9.38 Å². The molecule has 6 nitrogen and oxygen atoms in total. The molecule has 1 aromatic carbocycles. The molecule has 0 aliphatic carbocycles. The van der Waals surface area contributed by atoms with Gasteiger partial charge in [0.15, 0.2) is 0 Å². The molecule has 0 atom stereocenters. The Morgan fingerprint density at radius 2 is 2.00 bits per heavy atom. The highest BCUT2D eigenvalue weighted by Crippen LogP contribution is 2.33. The summed E-state index contributed by atoms with van der Waals surface area (Å²) >= 11 is 5.92. The van der Waals surface area contributed by atoms with Crippen LogP contribution in [0.15, 0.2) is 42.6 Å². The number of benzene rings is 1. The Kier molecular flexibility index (Phi) is 2.80. The molecule has 0 amide bonds. The van der Waals surface area contributed by atoms with Crippen LogP contribution in [0.4, 0.5) is 11.5 Å². The molecule has 0 fully saturated rings. The molecular weight excluding hydrogens is 280 g/mol. The number of nitrogens with zero attached hydrogens (tertiary/aromatic N) is 3. The van der Waals surface area contributed by atoms with Gasteiger partial charge in [-0.15, -0.1) is 0 Å². The Labute approximate surface area is 118 Å². The van der Waals surface area contributed by atoms with E-state index in [-0.39, 0.29) is 5.69 Å². The lowest BCUT2D eigenvalue weighted by molar-refractivity contribution is -0.384. The molecule has 0 aliphatic heterocycles. The maximum atomic E-state index is 11.1. The fourth-order valence-electron chi connectivity index (χ4n) is 2.07. The molecule has 0 unspecified atom stereocenters. The summed E-state index contributed by atoms with van der Waals surface area (Å²) in [6, 6.07) is 9.75. The molecule has 0 saturated carbocycles. The zero-order chi connectivity index (χ0) is 14.3. The van der Waals surface area contributed by atoms with E-state index in [9.17, 15) is 10.1 Å². The minimum Gasteiger partial charge on any atom is -0.383 e. The Morgan fingerprint density at radius 1 is 1.25 bits per heavy atom. The average Bonchev–Trinajstić information content (AvgIpc) is 2.76. The van der Waals surface area contributed by atoms with Crippen molar-refractivity contribution < 1.29 is 4.92 Å². The fraction of sp³-hybridized carbons (Fsp3) is 0. The van der Waals surface area contributed by atoms with Gasteiger partial charge < -0.3 is 5.73 Å². The van der Waals surface area contributed by atoms with Crippen molar-refractivity contribution >= 4 is 28.8 Å². The second-order valence-electron chi connectivity index (χ2n) is 4.20. The number of fused-ring (bicyclic) bond motifs is 1. The zero-order valence-electron chi connectivity index (χ0n) is 10.2. The van der Waals surface area contributed by atoms with E-state index in [2.05, 4.69) is 4.98 Å². The molecule has 0 aliphatic rings. The van der Waals surface area contributed by atoms with Crippen molar-refractivity contribution in [3.8, 4) is 11.3 Å². The summed E-state index contributed by atoms with van der Waals surface area (Å²) in [5.74, 6) is 0.316. The third-order valence-corrected chi connectivity index (χ3v) is 3.20. The first-order valence-corrected chi connectivity index (χ1v) is 6.12. The van der Waals surface area contributed by atoms with Crippen molar-refractivity contribution in [2.45, 2.75) is 0 Å².